The maximum atomic E-state index is 12.7. The maximum Gasteiger partial charge on any atom is 0.257 e. The molecule has 0 fully saturated rings. The molecule has 2 aromatic heterocycles. The molecule has 0 radical (unpaired) electrons. The number of nitrogens with zero attached hydrogens (tertiary/aromatic N) is 2. The fraction of sp³-hybridized carbons (Fsp3) is 0. The summed E-state index contributed by atoms with van der Waals surface area (Å²) < 4.78 is 12.7. The van der Waals surface area contributed by atoms with Crippen molar-refractivity contribution in [3.8, 4) is 11.4 Å². The number of hydrogen-bond acceptors (Lipinski definition) is 3. The zero-order chi connectivity index (χ0) is 13.0. The van der Waals surface area contributed by atoms with Crippen LogP contribution in [0.25, 0.3) is 22.3 Å². The molecule has 0 unspecified atom stereocenters. The molecule has 4 rings (SSSR count). The van der Waals surface area contributed by atoms with Gasteiger partial charge >= 0.3 is 0 Å². The van der Waals surface area contributed by atoms with Crippen LogP contribution in [0.5, 0.6) is 0 Å². The van der Waals surface area contributed by atoms with E-state index in [1.54, 1.807) is 6.20 Å². The summed E-state index contributed by atoms with van der Waals surface area (Å²) in [5, 5.41) is 3.53. The number of aromatic nitrogens is 3. The smallest absolute Gasteiger partial charge is 0.257 e. The number of halogens is 1. The highest BCUT2D eigenvalue weighted by Crippen LogP contribution is 2.39. The Balaban J connectivity index is 1.66. The van der Waals surface area contributed by atoms with E-state index in [0.29, 0.717) is 11.3 Å². The zero-order valence-corrected chi connectivity index (χ0v) is 9.57. The molecule has 0 aromatic carbocycles. The lowest BCUT2D eigenvalue weighted by Crippen LogP contribution is -2.11. The highest BCUT2D eigenvalue weighted by molar-refractivity contribution is 6.17. The van der Waals surface area contributed by atoms with Crippen LogP contribution in [0.4, 0.5) is 10.1 Å². The SMILES string of the molecule is O=C(Nc1ccc(F)nc1)c1c[nH]c2c3nc-3cc12. The number of anilines is 1. The number of amides is 1. The minimum atomic E-state index is -0.580. The predicted molar refractivity (Wildman–Crippen MR) is 67.2 cm³/mol. The van der Waals surface area contributed by atoms with E-state index in [9.17, 15) is 9.18 Å². The van der Waals surface area contributed by atoms with Gasteiger partial charge in [-0.15, -0.1) is 0 Å². The van der Waals surface area contributed by atoms with E-state index in [1.165, 1.54) is 18.3 Å². The fourth-order valence-corrected chi connectivity index (χ4v) is 2.13. The number of fused-ring (bicyclic) bond motifs is 3. The van der Waals surface area contributed by atoms with Crippen LogP contribution in [0.1, 0.15) is 10.4 Å². The Morgan fingerprint density at radius 2 is 2.26 bits per heavy atom. The van der Waals surface area contributed by atoms with Crippen molar-refractivity contribution >= 4 is 22.5 Å². The van der Waals surface area contributed by atoms with Crippen molar-refractivity contribution in [3.05, 3.63) is 42.1 Å². The second-order valence-corrected chi connectivity index (χ2v) is 4.30. The number of carbonyl (C=O) groups is 1. The predicted octanol–water partition coefficient (Wildman–Crippen LogP) is 2.33. The molecule has 1 amide bonds. The largest absolute Gasteiger partial charge is 0.359 e. The molecule has 0 bridgehead atoms. The van der Waals surface area contributed by atoms with Crippen molar-refractivity contribution in [2.75, 3.05) is 5.32 Å². The van der Waals surface area contributed by atoms with Crippen LogP contribution in [0.3, 0.4) is 0 Å². The van der Waals surface area contributed by atoms with E-state index in [1.807, 2.05) is 6.07 Å². The summed E-state index contributed by atoms with van der Waals surface area (Å²) in [6.45, 7) is 0. The third-order valence-electron chi connectivity index (χ3n) is 3.09. The van der Waals surface area contributed by atoms with Crippen molar-refractivity contribution < 1.29 is 9.18 Å². The Morgan fingerprint density at radius 1 is 1.37 bits per heavy atom. The maximum absolute atomic E-state index is 12.7. The monoisotopic (exact) mass is 254 g/mol. The van der Waals surface area contributed by atoms with Gasteiger partial charge in [0.2, 0.25) is 5.95 Å². The second-order valence-electron chi connectivity index (χ2n) is 4.30. The molecule has 0 atom stereocenters. The van der Waals surface area contributed by atoms with Crippen LogP contribution in [-0.2, 0) is 0 Å². The highest BCUT2D eigenvalue weighted by Gasteiger charge is 2.25. The van der Waals surface area contributed by atoms with E-state index in [2.05, 4.69) is 20.3 Å². The van der Waals surface area contributed by atoms with Crippen LogP contribution in [0.2, 0.25) is 0 Å². The average Bonchev–Trinajstić information content (AvgIpc) is 2.89. The third-order valence-corrected chi connectivity index (χ3v) is 3.09. The molecule has 2 N–H and O–H groups in total. The molecule has 0 saturated carbocycles. The summed E-state index contributed by atoms with van der Waals surface area (Å²) in [6, 6.07) is 4.54. The van der Waals surface area contributed by atoms with Gasteiger partial charge in [0.15, 0.2) is 0 Å². The average molecular weight is 254 g/mol. The van der Waals surface area contributed by atoms with Crippen molar-refractivity contribution in [1.29, 1.82) is 0 Å². The first kappa shape index (κ1) is 10.2. The number of nitrogens with one attached hydrogen (secondary N) is 2. The number of aromatic amines is 1. The molecule has 2 aliphatic rings. The molecule has 2 aromatic rings. The van der Waals surface area contributed by atoms with E-state index < -0.39 is 5.95 Å². The van der Waals surface area contributed by atoms with Gasteiger partial charge < -0.3 is 10.3 Å². The number of rotatable bonds is 2. The highest BCUT2D eigenvalue weighted by atomic mass is 19.1. The van der Waals surface area contributed by atoms with E-state index in [0.717, 1.165) is 22.3 Å². The third kappa shape index (κ3) is 1.50. The molecule has 0 spiro atoms. The first-order valence-electron chi connectivity index (χ1n) is 5.68. The van der Waals surface area contributed by atoms with Crippen LogP contribution >= 0.6 is 0 Å². The van der Waals surface area contributed by atoms with E-state index in [-0.39, 0.29) is 5.91 Å². The van der Waals surface area contributed by atoms with Gasteiger partial charge in [-0.25, -0.2) is 9.97 Å². The quantitative estimate of drug-likeness (QED) is 0.539. The molecule has 1 aliphatic carbocycles. The fourth-order valence-electron chi connectivity index (χ4n) is 2.13. The Bertz CT molecular complexity index is 823. The molecule has 1 aliphatic heterocycles. The summed E-state index contributed by atoms with van der Waals surface area (Å²) in [5.41, 5.74) is 3.74. The zero-order valence-electron chi connectivity index (χ0n) is 9.57. The summed E-state index contributed by atoms with van der Waals surface area (Å²) in [4.78, 5) is 22.8. The van der Waals surface area contributed by atoms with Gasteiger partial charge in [-0.1, -0.05) is 0 Å². The summed E-state index contributed by atoms with van der Waals surface area (Å²) in [7, 11) is 0. The van der Waals surface area contributed by atoms with Gasteiger partial charge in [-0.05, 0) is 18.2 Å². The Labute approximate surface area is 106 Å². The Hall–Kier alpha value is -2.76. The summed E-state index contributed by atoms with van der Waals surface area (Å²) in [6.07, 6.45) is 2.92. The second kappa shape index (κ2) is 3.38. The van der Waals surface area contributed by atoms with Gasteiger partial charge in [0.25, 0.3) is 5.91 Å². The number of pyridine rings is 2. The lowest BCUT2D eigenvalue weighted by Gasteiger charge is -2.02. The van der Waals surface area contributed by atoms with E-state index >= 15 is 0 Å². The van der Waals surface area contributed by atoms with Crippen LogP contribution in [0.15, 0.2) is 30.6 Å². The molecule has 0 saturated heterocycles. The number of hydrogen-bond donors (Lipinski definition) is 2. The van der Waals surface area contributed by atoms with Crippen molar-refractivity contribution in [2.45, 2.75) is 0 Å². The lowest BCUT2D eigenvalue weighted by atomic mass is 10.2. The van der Waals surface area contributed by atoms with Gasteiger partial charge in [0, 0.05) is 11.6 Å². The van der Waals surface area contributed by atoms with Crippen LogP contribution < -0.4 is 5.32 Å². The standard InChI is InChI=1S/C13H7FN4O/c14-10-2-1-6(4-15-10)17-13(19)8-5-16-11-7(8)3-9-12(11)18-9/h1-5,16H,(H,17,19). The van der Waals surface area contributed by atoms with Crippen LogP contribution in [0, 0.1) is 5.95 Å². The minimum absolute atomic E-state index is 0.260. The normalized spacial score (nSPS) is 11.6. The summed E-state index contributed by atoms with van der Waals surface area (Å²) >= 11 is 0. The lowest BCUT2D eigenvalue weighted by molar-refractivity contribution is 0.102. The van der Waals surface area contributed by atoms with Gasteiger partial charge in [-0.2, -0.15) is 4.39 Å². The van der Waals surface area contributed by atoms with Crippen molar-refractivity contribution in [3.63, 3.8) is 0 Å². The molecule has 6 heteroatoms. The molecule has 3 heterocycles. The first-order valence-corrected chi connectivity index (χ1v) is 5.68. The molecule has 19 heavy (non-hydrogen) atoms. The van der Waals surface area contributed by atoms with Crippen molar-refractivity contribution in [2.24, 2.45) is 0 Å². The Kier molecular flexibility index (Phi) is 1.81. The first-order chi connectivity index (χ1) is 9.22. The van der Waals surface area contributed by atoms with Crippen LogP contribution in [-0.4, -0.2) is 20.9 Å². The van der Waals surface area contributed by atoms with E-state index in [4.69, 9.17) is 0 Å². The minimum Gasteiger partial charge on any atom is -0.359 e. The molecule has 92 valence electrons. The van der Waals surface area contributed by atoms with Crippen molar-refractivity contribution in [1.82, 2.24) is 15.0 Å². The summed E-state index contributed by atoms with van der Waals surface area (Å²) in [5.74, 6) is -0.840. The van der Waals surface area contributed by atoms with Gasteiger partial charge in [0.1, 0.15) is 5.69 Å². The van der Waals surface area contributed by atoms with Gasteiger partial charge in [0.05, 0.1) is 28.7 Å². The molecule has 5 nitrogen and oxygen atoms in total. The Morgan fingerprint density at radius 3 is 3.05 bits per heavy atom. The number of H-pyrrole nitrogens is 1. The molecular formula is C13H7FN4O. The molecular weight excluding hydrogens is 247 g/mol. The number of carbonyl (C=O) groups excluding carboxylic acids is 1. The topological polar surface area (TPSA) is 70.7 Å². The van der Waals surface area contributed by atoms with Gasteiger partial charge in [-0.3, -0.25) is 4.79 Å².